The normalized spacial score (nSPS) is 12.9. The Labute approximate surface area is 108 Å². The number of para-hydroxylation sites is 1. The second kappa shape index (κ2) is 5.92. The van der Waals surface area contributed by atoms with Gasteiger partial charge in [-0.25, -0.2) is 4.79 Å². The van der Waals surface area contributed by atoms with E-state index in [0.29, 0.717) is 0 Å². The van der Waals surface area contributed by atoms with Crippen molar-refractivity contribution in [2.75, 3.05) is 18.9 Å². The zero-order chi connectivity index (χ0) is 14.6. The van der Waals surface area contributed by atoms with Gasteiger partial charge in [-0.1, -0.05) is 12.1 Å². The van der Waals surface area contributed by atoms with Crippen molar-refractivity contribution >= 4 is 11.7 Å². The van der Waals surface area contributed by atoms with Crippen molar-refractivity contribution in [3.8, 4) is 0 Å². The van der Waals surface area contributed by atoms with E-state index in [4.69, 9.17) is 5.11 Å². The molecule has 0 aliphatic rings. The third-order valence-corrected chi connectivity index (χ3v) is 2.36. The molecule has 2 N–H and O–H groups in total. The summed E-state index contributed by atoms with van der Waals surface area (Å²) in [6.45, 7) is 1.51. The Balaban J connectivity index is 2.86. The standard InChI is InChI=1S/C12H15F3N2O2/c1-8(18)7-17(2)11(19)16-10-6-4-3-5-9(10)12(13,14)15/h3-6,8,18H,7H2,1-2H3,(H,16,19). The predicted molar refractivity (Wildman–Crippen MR) is 64.8 cm³/mol. The molecule has 0 aliphatic carbocycles. The fraction of sp³-hybridized carbons (Fsp3) is 0.417. The van der Waals surface area contributed by atoms with Crippen LogP contribution in [0.25, 0.3) is 0 Å². The SMILES string of the molecule is CC(O)CN(C)C(=O)Nc1ccccc1C(F)(F)F. The molecule has 0 bridgehead atoms. The summed E-state index contributed by atoms with van der Waals surface area (Å²) in [4.78, 5) is 12.8. The molecule has 1 atom stereocenters. The summed E-state index contributed by atoms with van der Waals surface area (Å²) >= 11 is 0. The first-order valence-electron chi connectivity index (χ1n) is 5.58. The zero-order valence-corrected chi connectivity index (χ0v) is 10.5. The number of nitrogens with zero attached hydrogens (tertiary/aromatic N) is 1. The van der Waals surface area contributed by atoms with E-state index in [1.807, 2.05) is 0 Å². The van der Waals surface area contributed by atoms with E-state index in [1.54, 1.807) is 0 Å². The number of carbonyl (C=O) groups is 1. The van der Waals surface area contributed by atoms with Crippen LogP contribution in [0.5, 0.6) is 0 Å². The fourth-order valence-electron chi connectivity index (χ4n) is 1.53. The van der Waals surface area contributed by atoms with Gasteiger partial charge in [-0.3, -0.25) is 0 Å². The molecule has 1 aromatic carbocycles. The summed E-state index contributed by atoms with van der Waals surface area (Å²) in [6.07, 6.45) is -5.29. The summed E-state index contributed by atoms with van der Waals surface area (Å²) in [5.74, 6) is 0. The second-order valence-electron chi connectivity index (χ2n) is 4.20. The Morgan fingerprint density at radius 3 is 2.53 bits per heavy atom. The van der Waals surface area contributed by atoms with Crippen LogP contribution in [0, 0.1) is 0 Å². The number of aliphatic hydroxyl groups is 1. The number of hydrogen-bond acceptors (Lipinski definition) is 2. The van der Waals surface area contributed by atoms with Crippen molar-refractivity contribution in [2.45, 2.75) is 19.2 Å². The molecular weight excluding hydrogens is 261 g/mol. The van der Waals surface area contributed by atoms with E-state index in [9.17, 15) is 18.0 Å². The van der Waals surface area contributed by atoms with Crippen LogP contribution in [-0.2, 0) is 6.18 Å². The molecule has 0 saturated carbocycles. The van der Waals surface area contributed by atoms with E-state index in [0.717, 1.165) is 11.0 Å². The van der Waals surface area contributed by atoms with Crippen molar-refractivity contribution in [3.05, 3.63) is 29.8 Å². The first-order valence-corrected chi connectivity index (χ1v) is 5.58. The molecule has 0 heterocycles. The number of alkyl halides is 3. The fourth-order valence-corrected chi connectivity index (χ4v) is 1.53. The van der Waals surface area contributed by atoms with Crippen LogP contribution in [0.2, 0.25) is 0 Å². The van der Waals surface area contributed by atoms with Gasteiger partial charge in [0.05, 0.1) is 17.4 Å². The molecule has 0 radical (unpaired) electrons. The third-order valence-electron chi connectivity index (χ3n) is 2.36. The number of amides is 2. The van der Waals surface area contributed by atoms with Crippen LogP contribution >= 0.6 is 0 Å². The summed E-state index contributed by atoms with van der Waals surface area (Å²) in [6, 6.07) is 4.01. The molecule has 0 spiro atoms. The largest absolute Gasteiger partial charge is 0.418 e. The molecule has 7 heteroatoms. The highest BCUT2D eigenvalue weighted by molar-refractivity contribution is 5.90. The maximum Gasteiger partial charge on any atom is 0.418 e. The van der Waals surface area contributed by atoms with Crippen LogP contribution in [0.3, 0.4) is 0 Å². The van der Waals surface area contributed by atoms with Gasteiger partial charge in [0.15, 0.2) is 0 Å². The number of urea groups is 1. The number of likely N-dealkylation sites (N-methyl/N-ethyl adjacent to an activating group) is 1. The zero-order valence-electron chi connectivity index (χ0n) is 10.5. The first-order chi connectivity index (χ1) is 8.71. The number of benzene rings is 1. The van der Waals surface area contributed by atoms with Gasteiger partial charge in [0, 0.05) is 13.6 Å². The number of rotatable bonds is 3. The lowest BCUT2D eigenvalue weighted by Gasteiger charge is -2.21. The molecule has 0 fully saturated rings. The highest BCUT2D eigenvalue weighted by Gasteiger charge is 2.33. The minimum Gasteiger partial charge on any atom is -0.392 e. The number of halogens is 3. The molecule has 1 rings (SSSR count). The number of nitrogens with one attached hydrogen (secondary N) is 1. The Bertz CT molecular complexity index is 447. The summed E-state index contributed by atoms with van der Waals surface area (Å²) in [5, 5.41) is 11.3. The summed E-state index contributed by atoms with van der Waals surface area (Å²) in [7, 11) is 1.39. The van der Waals surface area contributed by atoms with Crippen LogP contribution in [0.1, 0.15) is 12.5 Å². The number of carbonyl (C=O) groups excluding carboxylic acids is 1. The maximum atomic E-state index is 12.7. The monoisotopic (exact) mass is 276 g/mol. The van der Waals surface area contributed by atoms with Gasteiger partial charge in [0.1, 0.15) is 0 Å². The third kappa shape index (κ3) is 4.44. The van der Waals surface area contributed by atoms with Crippen LogP contribution in [0.4, 0.5) is 23.7 Å². The minimum absolute atomic E-state index is 0.0278. The molecule has 2 amide bonds. The average Bonchev–Trinajstić information content (AvgIpc) is 2.27. The van der Waals surface area contributed by atoms with Crippen LogP contribution < -0.4 is 5.32 Å². The van der Waals surface area contributed by atoms with E-state index in [-0.39, 0.29) is 12.2 Å². The smallest absolute Gasteiger partial charge is 0.392 e. The van der Waals surface area contributed by atoms with Gasteiger partial charge in [-0.2, -0.15) is 13.2 Å². The highest BCUT2D eigenvalue weighted by Crippen LogP contribution is 2.34. The van der Waals surface area contributed by atoms with Crippen molar-refractivity contribution < 1.29 is 23.1 Å². The van der Waals surface area contributed by atoms with E-state index in [2.05, 4.69) is 5.32 Å². The average molecular weight is 276 g/mol. The Morgan fingerprint density at radius 2 is 2.00 bits per heavy atom. The van der Waals surface area contributed by atoms with E-state index < -0.39 is 23.9 Å². The Hall–Kier alpha value is -1.76. The van der Waals surface area contributed by atoms with Crippen molar-refractivity contribution in [3.63, 3.8) is 0 Å². The summed E-state index contributed by atoms with van der Waals surface area (Å²) in [5.41, 5.74) is -1.22. The lowest BCUT2D eigenvalue weighted by atomic mass is 10.1. The predicted octanol–water partition coefficient (Wildman–Crippen LogP) is 2.55. The molecule has 1 aromatic rings. The first kappa shape index (κ1) is 15.3. The quantitative estimate of drug-likeness (QED) is 0.891. The number of anilines is 1. The lowest BCUT2D eigenvalue weighted by molar-refractivity contribution is -0.136. The van der Waals surface area contributed by atoms with Crippen LogP contribution in [0.15, 0.2) is 24.3 Å². The van der Waals surface area contributed by atoms with E-state index in [1.165, 1.54) is 32.2 Å². The van der Waals surface area contributed by atoms with Gasteiger partial charge in [-0.15, -0.1) is 0 Å². The Morgan fingerprint density at radius 1 is 1.42 bits per heavy atom. The van der Waals surface area contributed by atoms with Crippen molar-refractivity contribution in [2.24, 2.45) is 0 Å². The van der Waals surface area contributed by atoms with Gasteiger partial charge in [-0.05, 0) is 19.1 Å². The second-order valence-corrected chi connectivity index (χ2v) is 4.20. The van der Waals surface area contributed by atoms with Crippen molar-refractivity contribution in [1.29, 1.82) is 0 Å². The van der Waals surface area contributed by atoms with Gasteiger partial charge in [0.2, 0.25) is 0 Å². The minimum atomic E-state index is -4.54. The molecule has 0 aromatic heterocycles. The molecule has 106 valence electrons. The van der Waals surface area contributed by atoms with Gasteiger partial charge < -0.3 is 15.3 Å². The van der Waals surface area contributed by atoms with Gasteiger partial charge >= 0.3 is 12.2 Å². The van der Waals surface area contributed by atoms with E-state index >= 15 is 0 Å². The highest BCUT2D eigenvalue weighted by atomic mass is 19.4. The number of aliphatic hydroxyl groups excluding tert-OH is 1. The molecule has 1 unspecified atom stereocenters. The Kier molecular flexibility index (Phi) is 4.77. The molecular formula is C12H15F3N2O2. The molecule has 19 heavy (non-hydrogen) atoms. The van der Waals surface area contributed by atoms with Gasteiger partial charge in [0.25, 0.3) is 0 Å². The topological polar surface area (TPSA) is 52.6 Å². The lowest BCUT2D eigenvalue weighted by Crippen LogP contribution is -2.36. The maximum absolute atomic E-state index is 12.7. The molecule has 4 nitrogen and oxygen atoms in total. The molecule has 0 aliphatic heterocycles. The number of hydrogen-bond donors (Lipinski definition) is 2. The van der Waals surface area contributed by atoms with Crippen LogP contribution in [-0.4, -0.2) is 35.7 Å². The van der Waals surface area contributed by atoms with Crippen molar-refractivity contribution in [1.82, 2.24) is 4.90 Å². The molecule has 0 saturated heterocycles. The summed E-state index contributed by atoms with van der Waals surface area (Å²) < 4.78 is 38.1.